The van der Waals surface area contributed by atoms with E-state index in [1.54, 1.807) is 0 Å². The van der Waals surface area contributed by atoms with E-state index in [0.29, 0.717) is 0 Å². The van der Waals surface area contributed by atoms with Crippen LogP contribution in [0.2, 0.25) is 0 Å². The van der Waals surface area contributed by atoms with Crippen LogP contribution in [0.4, 0.5) is 0 Å². The summed E-state index contributed by atoms with van der Waals surface area (Å²) in [7, 11) is 0. The molecule has 0 aromatic heterocycles. The van der Waals surface area contributed by atoms with Crippen LogP contribution in [0.5, 0.6) is 0 Å². The van der Waals surface area contributed by atoms with Gasteiger partial charge in [-0.2, -0.15) is 9.59 Å². The number of hydrogen-bond acceptors (Lipinski definition) is 2. The van der Waals surface area contributed by atoms with Crippen molar-refractivity contribution in [2.24, 2.45) is 5.41 Å². The molecule has 0 N–H and O–H groups in total. The van der Waals surface area contributed by atoms with Gasteiger partial charge in [0.25, 0.3) is 0 Å². The van der Waals surface area contributed by atoms with Crippen molar-refractivity contribution in [3.8, 4) is 23.0 Å². The molecule has 0 radical (unpaired) electrons. The summed E-state index contributed by atoms with van der Waals surface area (Å²) in [5, 5.41) is 0. The molecular formula is C38H46O2. The minimum absolute atomic E-state index is 0.0132. The van der Waals surface area contributed by atoms with Crippen LogP contribution in [0, 0.1) is 31.1 Å². The summed E-state index contributed by atoms with van der Waals surface area (Å²) < 4.78 is 0. The van der Waals surface area contributed by atoms with Crippen molar-refractivity contribution in [1.82, 2.24) is 0 Å². The predicted molar refractivity (Wildman–Crippen MR) is 166 cm³/mol. The van der Waals surface area contributed by atoms with Gasteiger partial charge < -0.3 is 0 Å². The van der Waals surface area contributed by atoms with Crippen LogP contribution in [0.1, 0.15) is 112 Å². The highest BCUT2D eigenvalue weighted by molar-refractivity contribution is 5.68. The van der Waals surface area contributed by atoms with Crippen LogP contribution in [0.25, 0.3) is 11.1 Å². The number of rotatable bonds is 6. The molecule has 0 saturated heterocycles. The Balaban J connectivity index is 0.00000141. The molecule has 2 heteroatoms. The molecule has 0 amide bonds. The first-order valence-corrected chi connectivity index (χ1v) is 15.1. The second kappa shape index (κ2) is 14.3. The first-order chi connectivity index (χ1) is 19.3. The van der Waals surface area contributed by atoms with Crippen LogP contribution in [0.3, 0.4) is 0 Å². The van der Waals surface area contributed by atoms with Gasteiger partial charge in [0, 0.05) is 16.4 Å². The average molecular weight is 535 g/mol. The van der Waals surface area contributed by atoms with Crippen molar-refractivity contribution < 1.29 is 9.59 Å². The van der Waals surface area contributed by atoms with E-state index in [9.17, 15) is 0 Å². The zero-order valence-corrected chi connectivity index (χ0v) is 25.5. The SMILES string of the molecule is CCc1ccc(-c2ccc(C(CC)(CC)c3ccc(C#CC4(C)CCCCCC4)c(C)c3)cc2C)cc1.O=C=O. The lowest BCUT2D eigenvalue weighted by molar-refractivity contribution is -0.191. The molecule has 2 nitrogen and oxygen atoms in total. The van der Waals surface area contributed by atoms with E-state index in [4.69, 9.17) is 9.59 Å². The van der Waals surface area contributed by atoms with E-state index in [1.807, 2.05) is 0 Å². The Bertz CT molecular complexity index is 1350. The van der Waals surface area contributed by atoms with Crippen molar-refractivity contribution in [2.75, 3.05) is 0 Å². The van der Waals surface area contributed by atoms with E-state index < -0.39 is 0 Å². The average Bonchev–Trinajstić information content (AvgIpc) is 3.19. The number of benzene rings is 3. The monoisotopic (exact) mass is 534 g/mol. The normalized spacial score (nSPS) is 14.6. The van der Waals surface area contributed by atoms with Gasteiger partial charge in [-0.1, -0.05) is 113 Å². The molecule has 4 rings (SSSR count). The Morgan fingerprint density at radius 1 is 0.750 bits per heavy atom. The van der Waals surface area contributed by atoms with Gasteiger partial charge in [-0.3, -0.25) is 0 Å². The van der Waals surface area contributed by atoms with Crippen LogP contribution in [-0.4, -0.2) is 6.15 Å². The van der Waals surface area contributed by atoms with Gasteiger partial charge in [-0.15, -0.1) is 0 Å². The highest BCUT2D eigenvalue weighted by atomic mass is 16.2. The van der Waals surface area contributed by atoms with Gasteiger partial charge in [0.15, 0.2) is 0 Å². The Hall–Kier alpha value is -3.40. The summed E-state index contributed by atoms with van der Waals surface area (Å²) in [6, 6.07) is 23.3. The molecular weight excluding hydrogens is 488 g/mol. The van der Waals surface area contributed by atoms with Crippen LogP contribution in [0.15, 0.2) is 60.7 Å². The fourth-order valence-corrected chi connectivity index (χ4v) is 6.39. The first-order valence-electron chi connectivity index (χ1n) is 15.1. The Morgan fingerprint density at radius 2 is 1.30 bits per heavy atom. The molecule has 0 atom stereocenters. The van der Waals surface area contributed by atoms with Gasteiger partial charge in [0.05, 0.1) is 0 Å². The molecule has 0 aliphatic heterocycles. The van der Waals surface area contributed by atoms with Gasteiger partial charge in [0.1, 0.15) is 0 Å². The van der Waals surface area contributed by atoms with E-state index in [1.165, 1.54) is 83.0 Å². The Morgan fingerprint density at radius 3 is 1.80 bits per heavy atom. The third kappa shape index (κ3) is 7.21. The molecule has 3 aromatic carbocycles. The zero-order valence-electron chi connectivity index (χ0n) is 25.5. The molecule has 1 aliphatic carbocycles. The first kappa shape index (κ1) is 31.1. The third-order valence-corrected chi connectivity index (χ3v) is 9.14. The fourth-order valence-electron chi connectivity index (χ4n) is 6.39. The molecule has 0 spiro atoms. The molecule has 0 bridgehead atoms. The smallest absolute Gasteiger partial charge is 0.186 e. The minimum Gasteiger partial charge on any atom is -0.186 e. The summed E-state index contributed by atoms with van der Waals surface area (Å²) >= 11 is 0. The summed E-state index contributed by atoms with van der Waals surface area (Å²) in [6.45, 7) is 13.8. The lowest BCUT2D eigenvalue weighted by atomic mass is 9.69. The molecule has 40 heavy (non-hydrogen) atoms. The maximum Gasteiger partial charge on any atom is 0.373 e. The van der Waals surface area contributed by atoms with Gasteiger partial charge in [-0.05, 0) is 97.9 Å². The van der Waals surface area contributed by atoms with E-state index in [0.717, 1.165) is 19.3 Å². The zero-order chi connectivity index (χ0) is 29.2. The highest BCUT2D eigenvalue weighted by Gasteiger charge is 2.31. The second-order valence-corrected chi connectivity index (χ2v) is 11.7. The highest BCUT2D eigenvalue weighted by Crippen LogP contribution is 2.41. The van der Waals surface area contributed by atoms with Gasteiger partial charge in [0.2, 0.25) is 0 Å². The Labute approximate surface area is 242 Å². The molecule has 3 aromatic rings. The third-order valence-electron chi connectivity index (χ3n) is 9.14. The minimum atomic E-state index is 0.0132. The predicted octanol–water partition coefficient (Wildman–Crippen LogP) is 9.77. The molecule has 1 aliphatic rings. The quantitative estimate of drug-likeness (QED) is 0.233. The Kier molecular flexibility index (Phi) is 11.1. The lowest BCUT2D eigenvalue weighted by Crippen LogP contribution is -2.26. The summed E-state index contributed by atoms with van der Waals surface area (Å²) in [5.74, 6) is 7.30. The molecule has 0 unspecified atom stereocenters. The number of aryl methyl sites for hydroxylation is 3. The van der Waals surface area contributed by atoms with Crippen molar-refractivity contribution in [2.45, 2.75) is 105 Å². The molecule has 1 fully saturated rings. The van der Waals surface area contributed by atoms with Crippen LogP contribution >= 0.6 is 0 Å². The summed E-state index contributed by atoms with van der Waals surface area (Å²) in [5.41, 5.74) is 10.9. The maximum absolute atomic E-state index is 8.12. The van der Waals surface area contributed by atoms with E-state index in [-0.39, 0.29) is 17.0 Å². The van der Waals surface area contributed by atoms with Crippen molar-refractivity contribution in [1.29, 1.82) is 0 Å². The van der Waals surface area contributed by atoms with Crippen molar-refractivity contribution >= 4 is 6.15 Å². The second-order valence-electron chi connectivity index (χ2n) is 11.7. The van der Waals surface area contributed by atoms with Crippen LogP contribution < -0.4 is 0 Å². The summed E-state index contributed by atoms with van der Waals surface area (Å²) in [4.78, 5) is 16.2. The lowest BCUT2D eigenvalue weighted by Gasteiger charge is -2.34. The van der Waals surface area contributed by atoms with Crippen molar-refractivity contribution in [3.05, 3.63) is 94.0 Å². The fraction of sp³-hybridized carbons (Fsp3) is 0.447. The van der Waals surface area contributed by atoms with E-state index >= 15 is 0 Å². The standard InChI is InChI=1S/C37H46.CO2/c1-7-30-14-16-32(17-15-30)35-21-20-34(27-29(35)5)37(8-2,9-3)33-19-18-31(28(4)26-33)22-25-36(6)23-12-10-11-13-24-36;2-1-3/h14-21,26-27H,7-13,23-24H2,1-6H3;. The largest absolute Gasteiger partial charge is 0.373 e. The van der Waals surface area contributed by atoms with Crippen LogP contribution in [-0.2, 0) is 21.4 Å². The summed E-state index contributed by atoms with van der Waals surface area (Å²) in [6.07, 6.45) is 11.3. The molecule has 0 heterocycles. The molecule has 1 saturated carbocycles. The maximum atomic E-state index is 8.12. The van der Waals surface area contributed by atoms with Gasteiger partial charge >= 0.3 is 6.15 Å². The topological polar surface area (TPSA) is 34.1 Å². The van der Waals surface area contributed by atoms with Gasteiger partial charge in [-0.25, -0.2) is 0 Å². The number of carbonyl (C=O) groups excluding carboxylic acids is 2. The van der Waals surface area contributed by atoms with E-state index in [2.05, 4.69) is 114 Å². The number of hydrogen-bond donors (Lipinski definition) is 0. The molecule has 210 valence electrons. The van der Waals surface area contributed by atoms with Crippen molar-refractivity contribution in [3.63, 3.8) is 0 Å².